The summed E-state index contributed by atoms with van der Waals surface area (Å²) < 4.78 is 3.41. The first-order valence-corrected chi connectivity index (χ1v) is 4.13. The maximum absolute atomic E-state index is 5.57. The Hall–Kier alpha value is 0.220. The zero-order valence-corrected chi connectivity index (χ0v) is 8.47. The quantitative estimate of drug-likeness (QED) is 0.736. The standard InChI is InChI=1S/C4H5BrIN3/c1-9-4(7)2(6)3(5)8-9/h7H2,1H3. The molecule has 1 aromatic rings. The van der Waals surface area contributed by atoms with Crippen molar-refractivity contribution in [1.82, 2.24) is 9.78 Å². The fourth-order valence-corrected chi connectivity index (χ4v) is 1.38. The van der Waals surface area contributed by atoms with Gasteiger partial charge >= 0.3 is 0 Å². The van der Waals surface area contributed by atoms with Crippen LogP contribution in [0.5, 0.6) is 0 Å². The summed E-state index contributed by atoms with van der Waals surface area (Å²) in [5, 5.41) is 4.01. The van der Waals surface area contributed by atoms with Crippen molar-refractivity contribution in [3.05, 3.63) is 8.17 Å². The van der Waals surface area contributed by atoms with E-state index in [1.165, 1.54) is 0 Å². The molecule has 0 aromatic carbocycles. The molecule has 0 aliphatic heterocycles. The van der Waals surface area contributed by atoms with E-state index in [2.05, 4.69) is 43.6 Å². The summed E-state index contributed by atoms with van der Waals surface area (Å²) >= 11 is 5.38. The summed E-state index contributed by atoms with van der Waals surface area (Å²) in [6.07, 6.45) is 0. The van der Waals surface area contributed by atoms with Crippen LogP contribution >= 0.6 is 38.5 Å². The Balaban J connectivity index is 3.29. The molecule has 0 fully saturated rings. The number of nitrogens with zero attached hydrogens (tertiary/aromatic N) is 2. The van der Waals surface area contributed by atoms with Crippen LogP contribution in [-0.2, 0) is 7.05 Å². The van der Waals surface area contributed by atoms with Crippen LogP contribution in [0.3, 0.4) is 0 Å². The van der Waals surface area contributed by atoms with Gasteiger partial charge in [0, 0.05) is 7.05 Å². The molecular formula is C4H5BrIN3. The van der Waals surface area contributed by atoms with Gasteiger partial charge < -0.3 is 5.73 Å². The largest absolute Gasteiger partial charge is 0.383 e. The maximum Gasteiger partial charge on any atom is 0.143 e. The Bertz CT molecular complexity index is 209. The number of aryl methyl sites for hydroxylation is 1. The molecule has 1 rings (SSSR count). The lowest BCUT2D eigenvalue weighted by atomic mass is 10.7. The summed E-state index contributed by atoms with van der Waals surface area (Å²) in [5.74, 6) is 0.697. The van der Waals surface area contributed by atoms with E-state index in [1.807, 2.05) is 7.05 Å². The number of anilines is 1. The average Bonchev–Trinajstić information content (AvgIpc) is 1.98. The average molecular weight is 302 g/mol. The van der Waals surface area contributed by atoms with E-state index in [4.69, 9.17) is 5.73 Å². The Labute approximate surface area is 74.9 Å². The number of hydrogen-bond acceptors (Lipinski definition) is 2. The van der Waals surface area contributed by atoms with Crippen molar-refractivity contribution < 1.29 is 0 Å². The molecule has 0 bridgehead atoms. The zero-order valence-electron chi connectivity index (χ0n) is 4.73. The molecule has 3 nitrogen and oxygen atoms in total. The van der Waals surface area contributed by atoms with Gasteiger partial charge in [0.2, 0.25) is 0 Å². The smallest absolute Gasteiger partial charge is 0.143 e. The van der Waals surface area contributed by atoms with Crippen LogP contribution < -0.4 is 5.73 Å². The Morgan fingerprint density at radius 2 is 2.33 bits per heavy atom. The fourth-order valence-electron chi connectivity index (χ4n) is 0.477. The van der Waals surface area contributed by atoms with Crippen LogP contribution in [0.25, 0.3) is 0 Å². The van der Waals surface area contributed by atoms with Crippen LogP contribution in [0.2, 0.25) is 0 Å². The lowest BCUT2D eigenvalue weighted by Crippen LogP contribution is -1.97. The van der Waals surface area contributed by atoms with Gasteiger partial charge in [-0.1, -0.05) is 0 Å². The van der Waals surface area contributed by atoms with Crippen molar-refractivity contribution in [2.45, 2.75) is 0 Å². The highest BCUT2D eigenvalue weighted by Crippen LogP contribution is 2.22. The molecule has 1 heterocycles. The van der Waals surface area contributed by atoms with E-state index in [-0.39, 0.29) is 0 Å². The predicted molar refractivity (Wildman–Crippen MR) is 48.0 cm³/mol. The molecule has 50 valence electrons. The van der Waals surface area contributed by atoms with Crippen molar-refractivity contribution in [3.8, 4) is 0 Å². The van der Waals surface area contributed by atoms with Crippen LogP contribution in [0, 0.1) is 3.57 Å². The van der Waals surface area contributed by atoms with Gasteiger partial charge in [-0.2, -0.15) is 5.10 Å². The second-order valence-electron chi connectivity index (χ2n) is 1.61. The number of rotatable bonds is 0. The van der Waals surface area contributed by atoms with Gasteiger partial charge in [0.15, 0.2) is 0 Å². The third kappa shape index (κ3) is 1.21. The molecule has 1 aromatic heterocycles. The summed E-state index contributed by atoms with van der Waals surface area (Å²) in [5.41, 5.74) is 5.57. The number of nitrogens with two attached hydrogens (primary N) is 1. The lowest BCUT2D eigenvalue weighted by molar-refractivity contribution is 0.771. The van der Waals surface area contributed by atoms with E-state index >= 15 is 0 Å². The van der Waals surface area contributed by atoms with Crippen LogP contribution in [0.4, 0.5) is 5.82 Å². The third-order valence-corrected chi connectivity index (χ3v) is 3.35. The SMILES string of the molecule is Cn1nc(Br)c(I)c1N. The molecule has 0 spiro atoms. The molecule has 0 unspecified atom stereocenters. The van der Waals surface area contributed by atoms with E-state index in [9.17, 15) is 0 Å². The Morgan fingerprint density at radius 3 is 2.44 bits per heavy atom. The first-order valence-electron chi connectivity index (χ1n) is 2.26. The summed E-state index contributed by atoms with van der Waals surface area (Å²) in [4.78, 5) is 0. The number of hydrogen-bond donors (Lipinski definition) is 1. The first-order chi connectivity index (χ1) is 4.13. The third-order valence-electron chi connectivity index (χ3n) is 0.992. The second kappa shape index (κ2) is 2.45. The van der Waals surface area contributed by atoms with Crippen LogP contribution in [0.1, 0.15) is 0 Å². The van der Waals surface area contributed by atoms with Gasteiger partial charge in [-0.25, -0.2) is 0 Å². The van der Waals surface area contributed by atoms with Crippen molar-refractivity contribution in [2.75, 3.05) is 5.73 Å². The molecule has 0 aliphatic carbocycles. The highest BCUT2D eigenvalue weighted by Gasteiger charge is 2.06. The minimum absolute atomic E-state index is 0.697. The van der Waals surface area contributed by atoms with E-state index in [0.29, 0.717) is 5.82 Å². The summed E-state index contributed by atoms with van der Waals surface area (Å²) in [7, 11) is 1.81. The van der Waals surface area contributed by atoms with Gasteiger partial charge in [0.1, 0.15) is 10.4 Å². The van der Waals surface area contributed by atoms with Gasteiger partial charge in [-0.15, -0.1) is 0 Å². The molecule has 9 heavy (non-hydrogen) atoms. The number of aromatic nitrogens is 2. The van der Waals surface area contributed by atoms with Crippen LogP contribution in [0.15, 0.2) is 4.60 Å². The Kier molecular flexibility index (Phi) is 2.00. The van der Waals surface area contributed by atoms with Crippen molar-refractivity contribution in [3.63, 3.8) is 0 Å². The zero-order chi connectivity index (χ0) is 7.02. The highest BCUT2D eigenvalue weighted by atomic mass is 127. The molecule has 2 N–H and O–H groups in total. The van der Waals surface area contributed by atoms with Crippen LogP contribution in [-0.4, -0.2) is 9.78 Å². The van der Waals surface area contributed by atoms with Crippen molar-refractivity contribution >= 4 is 44.3 Å². The van der Waals surface area contributed by atoms with E-state index in [0.717, 1.165) is 8.17 Å². The molecule has 0 saturated carbocycles. The molecule has 0 aliphatic rings. The predicted octanol–water partition coefficient (Wildman–Crippen LogP) is 1.37. The molecular weight excluding hydrogens is 297 g/mol. The van der Waals surface area contributed by atoms with Crippen molar-refractivity contribution in [1.29, 1.82) is 0 Å². The van der Waals surface area contributed by atoms with Gasteiger partial charge in [0.25, 0.3) is 0 Å². The Morgan fingerprint density at radius 1 is 1.78 bits per heavy atom. The minimum Gasteiger partial charge on any atom is -0.383 e. The molecule has 0 amide bonds. The van der Waals surface area contributed by atoms with Crippen molar-refractivity contribution in [2.24, 2.45) is 7.05 Å². The number of nitrogen functional groups attached to an aromatic ring is 1. The molecule has 0 saturated heterocycles. The van der Waals surface area contributed by atoms with Gasteiger partial charge in [-0.3, -0.25) is 4.68 Å². The second-order valence-corrected chi connectivity index (χ2v) is 3.44. The summed E-state index contributed by atoms with van der Waals surface area (Å²) in [6.45, 7) is 0. The van der Waals surface area contributed by atoms with E-state index in [1.54, 1.807) is 4.68 Å². The number of halogens is 2. The van der Waals surface area contributed by atoms with E-state index < -0.39 is 0 Å². The normalized spacial score (nSPS) is 10.1. The minimum atomic E-state index is 0.697. The monoisotopic (exact) mass is 301 g/mol. The lowest BCUT2D eigenvalue weighted by Gasteiger charge is -1.89. The summed E-state index contributed by atoms with van der Waals surface area (Å²) in [6, 6.07) is 0. The first kappa shape index (κ1) is 7.33. The molecule has 0 radical (unpaired) electrons. The maximum atomic E-state index is 5.57. The topological polar surface area (TPSA) is 43.8 Å². The van der Waals surface area contributed by atoms with Gasteiger partial charge in [-0.05, 0) is 38.5 Å². The highest BCUT2D eigenvalue weighted by molar-refractivity contribution is 14.1. The molecule has 0 atom stereocenters. The van der Waals surface area contributed by atoms with Gasteiger partial charge in [0.05, 0.1) is 3.57 Å². The molecule has 5 heteroatoms. The fraction of sp³-hybridized carbons (Fsp3) is 0.250.